The molecule has 0 atom stereocenters. The van der Waals surface area contributed by atoms with Crippen LogP contribution in [0.5, 0.6) is 5.75 Å². The number of ether oxygens (including phenoxy) is 1. The summed E-state index contributed by atoms with van der Waals surface area (Å²) in [6.45, 7) is 1.16. The summed E-state index contributed by atoms with van der Waals surface area (Å²) in [4.78, 5) is 37.0. The third kappa shape index (κ3) is 5.36. The molecule has 0 aliphatic carbocycles. The Bertz CT molecular complexity index is 1650. The van der Waals surface area contributed by atoms with E-state index >= 15 is 0 Å². The highest BCUT2D eigenvalue weighted by Crippen LogP contribution is 2.30. The molecule has 0 spiro atoms. The van der Waals surface area contributed by atoms with Gasteiger partial charge in [0, 0.05) is 43.3 Å². The van der Waals surface area contributed by atoms with Crippen molar-refractivity contribution >= 4 is 38.4 Å². The van der Waals surface area contributed by atoms with Gasteiger partial charge in [0.1, 0.15) is 22.2 Å². The van der Waals surface area contributed by atoms with Crippen molar-refractivity contribution in [1.29, 1.82) is 0 Å². The first-order chi connectivity index (χ1) is 18.8. The van der Waals surface area contributed by atoms with Gasteiger partial charge in [-0.2, -0.15) is 0 Å². The number of sulfonamides is 1. The predicted molar refractivity (Wildman–Crippen MR) is 142 cm³/mol. The van der Waals surface area contributed by atoms with Crippen molar-refractivity contribution in [3.05, 3.63) is 90.1 Å². The Balaban J connectivity index is 1.29. The van der Waals surface area contributed by atoms with E-state index in [1.165, 1.54) is 49.7 Å². The van der Waals surface area contributed by atoms with Crippen molar-refractivity contribution in [3.8, 4) is 5.75 Å². The first kappa shape index (κ1) is 26.0. The summed E-state index contributed by atoms with van der Waals surface area (Å²) in [6.07, 6.45) is 2.51. The van der Waals surface area contributed by atoms with Crippen molar-refractivity contribution < 1.29 is 27.1 Å². The zero-order valence-corrected chi connectivity index (χ0v) is 21.7. The monoisotopic (exact) mass is 549 g/mol. The van der Waals surface area contributed by atoms with Crippen LogP contribution in [0, 0.1) is 5.82 Å². The number of carbonyl (C=O) groups is 2. The molecule has 5 rings (SSSR count). The van der Waals surface area contributed by atoms with Crippen LogP contribution in [-0.4, -0.2) is 73.3 Å². The zero-order chi connectivity index (χ0) is 27.6. The Morgan fingerprint density at radius 2 is 1.64 bits per heavy atom. The van der Waals surface area contributed by atoms with Gasteiger partial charge >= 0.3 is 0 Å². The van der Waals surface area contributed by atoms with E-state index in [1.54, 1.807) is 34.1 Å². The van der Waals surface area contributed by atoms with E-state index in [4.69, 9.17) is 4.74 Å². The largest absolute Gasteiger partial charge is 0.495 e. The molecule has 10 nitrogen and oxygen atoms in total. The van der Waals surface area contributed by atoms with E-state index in [-0.39, 0.29) is 60.0 Å². The maximum Gasteiger partial charge on any atom is 0.272 e. The fraction of sp³-hybridized carbons (Fsp3) is 0.185. The van der Waals surface area contributed by atoms with Gasteiger partial charge in [0.05, 0.1) is 24.5 Å². The van der Waals surface area contributed by atoms with Crippen molar-refractivity contribution in [2.45, 2.75) is 4.90 Å². The lowest BCUT2D eigenvalue weighted by Gasteiger charge is -2.34. The molecule has 2 aromatic carbocycles. The molecule has 2 aromatic heterocycles. The van der Waals surface area contributed by atoms with Gasteiger partial charge in [-0.3, -0.25) is 19.3 Å². The number of hydrogen-bond donors (Lipinski definition) is 1. The highest BCUT2D eigenvalue weighted by molar-refractivity contribution is 7.93. The number of carbonyl (C=O) groups excluding carboxylic acids is 2. The molecule has 3 heterocycles. The van der Waals surface area contributed by atoms with Gasteiger partial charge in [-0.1, -0.05) is 18.2 Å². The topological polar surface area (TPSA) is 122 Å². The van der Waals surface area contributed by atoms with Crippen LogP contribution >= 0.6 is 0 Å². The molecule has 0 saturated carbocycles. The van der Waals surface area contributed by atoms with Crippen LogP contribution in [-0.2, 0) is 10.0 Å². The van der Waals surface area contributed by atoms with E-state index in [1.807, 2.05) is 0 Å². The van der Waals surface area contributed by atoms with Crippen molar-refractivity contribution in [3.63, 3.8) is 0 Å². The standard InChI is InChI=1S/C27H24FN5O5S/c1-38-23-16-19(26(34)32-12-14-33(15-13-32)27(35)22-10-8-20(28)17-30-22)7-9-21(23)31-39(36,37)24-6-2-4-18-5-3-11-29-25(18)24/h2-11,16-17,31H,12-15H2,1H3. The second-order valence-electron chi connectivity index (χ2n) is 8.80. The number of anilines is 1. The van der Waals surface area contributed by atoms with Crippen LogP contribution in [0.15, 0.2) is 78.0 Å². The summed E-state index contributed by atoms with van der Waals surface area (Å²) in [5.74, 6) is -0.967. The molecule has 200 valence electrons. The number of nitrogens with zero attached hydrogens (tertiary/aromatic N) is 4. The molecule has 1 fully saturated rings. The number of para-hydroxylation sites is 1. The Morgan fingerprint density at radius 1 is 0.923 bits per heavy atom. The molecule has 1 N–H and O–H groups in total. The van der Waals surface area contributed by atoms with Gasteiger partial charge in [-0.05, 0) is 42.5 Å². The molecule has 1 saturated heterocycles. The minimum Gasteiger partial charge on any atom is -0.495 e. The van der Waals surface area contributed by atoms with Crippen LogP contribution < -0.4 is 9.46 Å². The molecular formula is C27H24FN5O5S. The number of amides is 2. The van der Waals surface area contributed by atoms with Gasteiger partial charge in [-0.25, -0.2) is 17.8 Å². The lowest BCUT2D eigenvalue weighted by atomic mass is 10.1. The van der Waals surface area contributed by atoms with Gasteiger partial charge < -0.3 is 14.5 Å². The number of methoxy groups -OCH3 is 1. The normalized spacial score (nSPS) is 13.8. The second kappa shape index (κ2) is 10.7. The SMILES string of the molecule is COc1cc(C(=O)N2CCN(C(=O)c3ccc(F)cn3)CC2)ccc1NS(=O)(=O)c1cccc2cccnc12. The first-order valence-electron chi connectivity index (χ1n) is 12.0. The predicted octanol–water partition coefficient (Wildman–Crippen LogP) is 3.18. The Labute approximate surface area is 224 Å². The second-order valence-corrected chi connectivity index (χ2v) is 10.4. The molecule has 1 aliphatic rings. The number of halogens is 1. The highest BCUT2D eigenvalue weighted by atomic mass is 32.2. The molecule has 4 aromatic rings. The number of pyridine rings is 2. The summed E-state index contributed by atoms with van der Waals surface area (Å²) in [6, 6.07) is 15.4. The highest BCUT2D eigenvalue weighted by Gasteiger charge is 2.27. The van der Waals surface area contributed by atoms with Crippen LogP contribution in [0.25, 0.3) is 10.9 Å². The van der Waals surface area contributed by atoms with Crippen LogP contribution in [0.2, 0.25) is 0 Å². The quantitative estimate of drug-likeness (QED) is 0.392. The molecule has 1 aliphatic heterocycles. The molecule has 12 heteroatoms. The maximum atomic E-state index is 13.2. The number of benzene rings is 2. The van der Waals surface area contributed by atoms with E-state index < -0.39 is 15.8 Å². The number of nitrogens with one attached hydrogen (secondary N) is 1. The first-order valence-corrected chi connectivity index (χ1v) is 13.5. The third-order valence-electron chi connectivity index (χ3n) is 6.38. The number of fused-ring (bicyclic) bond motifs is 1. The number of hydrogen-bond acceptors (Lipinski definition) is 7. The lowest BCUT2D eigenvalue weighted by Crippen LogP contribution is -2.50. The third-order valence-corrected chi connectivity index (χ3v) is 7.78. The average Bonchev–Trinajstić information content (AvgIpc) is 2.96. The Hall–Kier alpha value is -4.58. The number of aromatic nitrogens is 2. The van der Waals surface area contributed by atoms with Gasteiger partial charge in [-0.15, -0.1) is 0 Å². The van der Waals surface area contributed by atoms with Crippen LogP contribution in [0.3, 0.4) is 0 Å². The maximum absolute atomic E-state index is 13.2. The summed E-state index contributed by atoms with van der Waals surface area (Å²) < 4.78 is 47.5. The Kier molecular flexibility index (Phi) is 7.11. The van der Waals surface area contributed by atoms with Crippen molar-refractivity contribution in [1.82, 2.24) is 19.8 Å². The van der Waals surface area contributed by atoms with Gasteiger partial charge in [0.25, 0.3) is 21.8 Å². The Morgan fingerprint density at radius 3 is 2.33 bits per heavy atom. The molecular weight excluding hydrogens is 525 g/mol. The molecule has 2 amide bonds. The van der Waals surface area contributed by atoms with E-state index in [0.29, 0.717) is 16.5 Å². The fourth-order valence-corrected chi connectivity index (χ4v) is 5.61. The van der Waals surface area contributed by atoms with Crippen molar-refractivity contribution in [2.75, 3.05) is 38.0 Å². The number of piperazine rings is 1. The van der Waals surface area contributed by atoms with Gasteiger partial charge in [0.15, 0.2) is 0 Å². The molecule has 0 radical (unpaired) electrons. The zero-order valence-electron chi connectivity index (χ0n) is 20.9. The number of rotatable bonds is 6. The smallest absolute Gasteiger partial charge is 0.272 e. The molecule has 39 heavy (non-hydrogen) atoms. The fourth-order valence-electron chi connectivity index (χ4n) is 4.36. The lowest BCUT2D eigenvalue weighted by molar-refractivity contribution is 0.0532. The minimum atomic E-state index is -4.02. The van der Waals surface area contributed by atoms with Gasteiger partial charge in [0.2, 0.25) is 0 Å². The summed E-state index contributed by atoms with van der Waals surface area (Å²) >= 11 is 0. The minimum absolute atomic E-state index is 0.0195. The van der Waals surface area contributed by atoms with Crippen LogP contribution in [0.4, 0.5) is 10.1 Å². The van der Waals surface area contributed by atoms with E-state index in [9.17, 15) is 22.4 Å². The summed E-state index contributed by atoms with van der Waals surface area (Å²) in [7, 11) is -2.63. The van der Waals surface area contributed by atoms with Crippen LogP contribution in [0.1, 0.15) is 20.8 Å². The van der Waals surface area contributed by atoms with Crippen molar-refractivity contribution in [2.24, 2.45) is 0 Å². The van der Waals surface area contributed by atoms with E-state index in [0.717, 1.165) is 6.20 Å². The summed E-state index contributed by atoms with van der Waals surface area (Å²) in [5, 5.41) is 0.684. The molecule has 0 unspecified atom stereocenters. The average molecular weight is 550 g/mol. The summed E-state index contributed by atoms with van der Waals surface area (Å²) in [5.41, 5.74) is 0.954. The van der Waals surface area contributed by atoms with E-state index in [2.05, 4.69) is 14.7 Å². The molecule has 0 bridgehead atoms.